The molecule has 0 unspecified atom stereocenters. The van der Waals surface area contributed by atoms with Crippen LogP contribution in [0.3, 0.4) is 0 Å². The van der Waals surface area contributed by atoms with Gasteiger partial charge in [0.1, 0.15) is 23.6 Å². The summed E-state index contributed by atoms with van der Waals surface area (Å²) in [5.74, 6) is 4.32. The summed E-state index contributed by atoms with van der Waals surface area (Å²) in [7, 11) is 1.45. The molecule has 0 spiro atoms. The van der Waals surface area contributed by atoms with Crippen molar-refractivity contribution in [3.05, 3.63) is 72.2 Å². The second kappa shape index (κ2) is 10.8. The lowest BCUT2D eigenvalue weighted by Crippen LogP contribution is -2.14. The highest BCUT2D eigenvalue weighted by Gasteiger charge is 2.30. The molecule has 4 aromatic rings. The van der Waals surface area contributed by atoms with Crippen molar-refractivity contribution in [3.8, 4) is 29.2 Å². The summed E-state index contributed by atoms with van der Waals surface area (Å²) in [6, 6.07) is 10.6. The minimum absolute atomic E-state index is 0.163. The average molecular weight is 521 g/mol. The third kappa shape index (κ3) is 5.96. The number of hydrogen-bond acceptors (Lipinski definition) is 7. The quantitative estimate of drug-likeness (QED) is 0.341. The van der Waals surface area contributed by atoms with Gasteiger partial charge >= 0.3 is 6.18 Å². The Hall–Kier alpha value is -5.18. The Kier molecular flexibility index (Phi) is 7.38. The number of amides is 2. The number of ether oxygens (including phenoxy) is 2. The van der Waals surface area contributed by atoms with E-state index in [4.69, 9.17) is 9.47 Å². The number of aromatic nitrogens is 3. The van der Waals surface area contributed by atoms with E-state index in [2.05, 4.69) is 37.4 Å². The van der Waals surface area contributed by atoms with Crippen LogP contribution >= 0.6 is 0 Å². The highest BCUT2D eigenvalue weighted by atomic mass is 19.4. The molecule has 0 radical (unpaired) electrons. The molecule has 2 N–H and O–H groups in total. The van der Waals surface area contributed by atoms with E-state index in [0.717, 1.165) is 18.3 Å². The fourth-order valence-electron chi connectivity index (χ4n) is 3.32. The maximum atomic E-state index is 12.9. The van der Waals surface area contributed by atoms with Crippen molar-refractivity contribution in [2.45, 2.75) is 13.1 Å². The number of anilines is 2. The molecule has 4 rings (SSSR count). The Morgan fingerprint density at radius 2 is 1.74 bits per heavy atom. The summed E-state index contributed by atoms with van der Waals surface area (Å²) >= 11 is 0. The fourth-order valence-corrected chi connectivity index (χ4v) is 3.32. The van der Waals surface area contributed by atoms with E-state index < -0.39 is 23.6 Å². The molecule has 9 nitrogen and oxygen atoms in total. The van der Waals surface area contributed by atoms with Crippen LogP contribution in [0.15, 0.2) is 61.1 Å². The van der Waals surface area contributed by atoms with Crippen LogP contribution in [0.25, 0.3) is 10.9 Å². The van der Waals surface area contributed by atoms with Crippen LogP contribution in [0.5, 0.6) is 17.4 Å². The van der Waals surface area contributed by atoms with E-state index in [-0.39, 0.29) is 17.3 Å². The van der Waals surface area contributed by atoms with E-state index in [1.54, 1.807) is 12.1 Å². The van der Waals surface area contributed by atoms with Crippen LogP contribution in [0.2, 0.25) is 0 Å². The van der Waals surface area contributed by atoms with Crippen molar-refractivity contribution in [3.63, 3.8) is 0 Å². The third-order valence-electron chi connectivity index (χ3n) is 5.07. The number of methoxy groups -OCH3 is 1. The number of rotatable bonds is 6. The van der Waals surface area contributed by atoms with Crippen LogP contribution in [-0.4, -0.2) is 33.9 Å². The molecule has 0 aliphatic carbocycles. The zero-order valence-electron chi connectivity index (χ0n) is 19.9. The lowest BCUT2D eigenvalue weighted by molar-refractivity contribution is -0.137. The van der Waals surface area contributed by atoms with Gasteiger partial charge in [-0.25, -0.2) is 15.0 Å². The first-order chi connectivity index (χ1) is 18.2. The van der Waals surface area contributed by atoms with Crippen LogP contribution in [0, 0.1) is 11.8 Å². The highest BCUT2D eigenvalue weighted by molar-refractivity contribution is 6.06. The lowest BCUT2D eigenvalue weighted by Gasteiger charge is -2.12. The molecule has 0 fully saturated rings. The Bertz CT molecular complexity index is 1580. The van der Waals surface area contributed by atoms with Gasteiger partial charge in [0.05, 0.1) is 29.3 Å². The van der Waals surface area contributed by atoms with E-state index in [0.29, 0.717) is 28.1 Å². The van der Waals surface area contributed by atoms with Crippen molar-refractivity contribution in [2.75, 3.05) is 17.7 Å². The van der Waals surface area contributed by atoms with Gasteiger partial charge in [-0.15, -0.1) is 0 Å². The zero-order chi connectivity index (χ0) is 27.3. The molecule has 0 saturated heterocycles. The molecule has 2 aromatic heterocycles. The van der Waals surface area contributed by atoms with Crippen LogP contribution < -0.4 is 20.1 Å². The largest absolute Gasteiger partial charge is 0.494 e. The lowest BCUT2D eigenvalue weighted by atomic mass is 10.2. The fraction of sp³-hybridized carbons (Fsp3) is 0.115. The number of halogens is 3. The number of nitrogens with one attached hydrogen (secondary N) is 2. The Morgan fingerprint density at radius 3 is 2.42 bits per heavy atom. The van der Waals surface area contributed by atoms with Gasteiger partial charge in [-0.2, -0.15) is 13.2 Å². The Labute approximate surface area is 214 Å². The predicted octanol–water partition coefficient (Wildman–Crippen LogP) is 5.06. The van der Waals surface area contributed by atoms with Gasteiger partial charge in [0.2, 0.25) is 5.88 Å². The van der Waals surface area contributed by atoms with Gasteiger partial charge in [0, 0.05) is 17.8 Å². The molecule has 0 bridgehead atoms. The molecule has 0 atom stereocenters. The molecule has 0 saturated carbocycles. The van der Waals surface area contributed by atoms with Gasteiger partial charge in [0.15, 0.2) is 0 Å². The van der Waals surface area contributed by atoms with Crippen molar-refractivity contribution in [2.24, 2.45) is 0 Å². The Balaban J connectivity index is 1.54. The summed E-state index contributed by atoms with van der Waals surface area (Å²) in [6.07, 6.45) is -2.31. The second-order valence-electron chi connectivity index (χ2n) is 7.59. The first-order valence-electron chi connectivity index (χ1n) is 10.9. The molecular formula is C26H18F3N5O4. The summed E-state index contributed by atoms with van der Waals surface area (Å²) in [5.41, 5.74) is 0.0526. The molecule has 2 aromatic carbocycles. The molecule has 2 heterocycles. The van der Waals surface area contributed by atoms with Crippen LogP contribution in [0.4, 0.5) is 24.7 Å². The minimum Gasteiger partial charge on any atom is -0.494 e. The topological polar surface area (TPSA) is 115 Å². The first-order valence-corrected chi connectivity index (χ1v) is 10.9. The van der Waals surface area contributed by atoms with Crippen molar-refractivity contribution in [1.82, 2.24) is 15.0 Å². The van der Waals surface area contributed by atoms with E-state index >= 15 is 0 Å². The number of pyridine rings is 1. The molecule has 192 valence electrons. The third-order valence-corrected chi connectivity index (χ3v) is 5.07. The number of carbonyl (C=O) groups excluding carboxylic acids is 2. The van der Waals surface area contributed by atoms with Gasteiger partial charge in [0.25, 0.3) is 11.8 Å². The standard InChI is InChI=1S/C26H18F3N5O4/c1-3-4-23(35)33-20-12-18-19(13-21(20)37-2)31-14-32-25(18)38-17-7-5-15(6-8-17)24(36)34-22-11-16(9-10-30-22)26(27,28)29/h5-14H,1-2H3,(H,33,35)(H,30,34,36). The molecule has 12 heteroatoms. The van der Waals surface area contributed by atoms with E-state index in [1.165, 1.54) is 44.6 Å². The monoisotopic (exact) mass is 521 g/mol. The van der Waals surface area contributed by atoms with Gasteiger partial charge in [-0.05, 0) is 55.3 Å². The normalized spacial score (nSPS) is 10.8. The average Bonchev–Trinajstić information content (AvgIpc) is 2.89. The number of carbonyl (C=O) groups is 2. The number of fused-ring (bicyclic) bond motifs is 1. The highest BCUT2D eigenvalue weighted by Crippen LogP contribution is 2.35. The van der Waals surface area contributed by atoms with E-state index in [1.807, 2.05) is 0 Å². The van der Waals surface area contributed by atoms with Gasteiger partial charge in [-0.3, -0.25) is 9.59 Å². The summed E-state index contributed by atoms with van der Waals surface area (Å²) in [4.78, 5) is 36.6. The molecule has 2 amide bonds. The van der Waals surface area contributed by atoms with Crippen molar-refractivity contribution in [1.29, 1.82) is 0 Å². The SMILES string of the molecule is CC#CC(=O)Nc1cc2c(Oc3ccc(C(=O)Nc4cc(C(F)(F)F)ccn4)cc3)ncnc2cc1OC. The first kappa shape index (κ1) is 25.9. The molecule has 0 aliphatic heterocycles. The zero-order valence-corrected chi connectivity index (χ0v) is 19.9. The van der Waals surface area contributed by atoms with Crippen molar-refractivity contribution < 1.29 is 32.2 Å². The maximum Gasteiger partial charge on any atom is 0.416 e. The predicted molar refractivity (Wildman–Crippen MR) is 132 cm³/mol. The van der Waals surface area contributed by atoms with Crippen LogP contribution in [-0.2, 0) is 11.0 Å². The van der Waals surface area contributed by atoms with E-state index in [9.17, 15) is 22.8 Å². The molecule has 0 aliphatic rings. The number of alkyl halides is 3. The number of nitrogens with zero attached hydrogens (tertiary/aromatic N) is 3. The van der Waals surface area contributed by atoms with Crippen molar-refractivity contribution >= 4 is 34.2 Å². The molecular weight excluding hydrogens is 503 g/mol. The molecule has 38 heavy (non-hydrogen) atoms. The smallest absolute Gasteiger partial charge is 0.416 e. The second-order valence-corrected chi connectivity index (χ2v) is 7.59. The number of benzene rings is 2. The number of hydrogen-bond donors (Lipinski definition) is 2. The van der Waals surface area contributed by atoms with Gasteiger partial charge < -0.3 is 20.1 Å². The summed E-state index contributed by atoms with van der Waals surface area (Å²) < 4.78 is 49.9. The summed E-state index contributed by atoms with van der Waals surface area (Å²) in [6.45, 7) is 1.54. The summed E-state index contributed by atoms with van der Waals surface area (Å²) in [5, 5.41) is 5.44. The van der Waals surface area contributed by atoms with Crippen LogP contribution in [0.1, 0.15) is 22.8 Å². The Morgan fingerprint density at radius 1 is 0.974 bits per heavy atom. The minimum atomic E-state index is -4.56. The van der Waals surface area contributed by atoms with Gasteiger partial charge in [-0.1, -0.05) is 5.92 Å². The maximum absolute atomic E-state index is 12.9.